The first kappa shape index (κ1) is 24.2. The number of carbonyl (C=O) groups is 1. The monoisotopic (exact) mass is 462 g/mol. The highest BCUT2D eigenvalue weighted by Gasteiger charge is 2.33. The van der Waals surface area contributed by atoms with Crippen molar-refractivity contribution in [3.63, 3.8) is 0 Å². The molecular weight excluding hydrogens is 441 g/mol. The zero-order chi connectivity index (χ0) is 22.9. The Morgan fingerprint density at radius 2 is 1.70 bits per heavy atom. The van der Waals surface area contributed by atoms with Crippen molar-refractivity contribution in [1.82, 2.24) is 9.21 Å². The van der Waals surface area contributed by atoms with Crippen molar-refractivity contribution in [2.75, 3.05) is 14.1 Å². The zero-order valence-corrected chi connectivity index (χ0v) is 18.4. The summed E-state index contributed by atoms with van der Waals surface area (Å²) in [6.45, 7) is 3.07. The van der Waals surface area contributed by atoms with Gasteiger partial charge in [0.25, 0.3) is 5.91 Å². The average Bonchev–Trinajstić information content (AvgIpc) is 2.66. The number of nitrogens with zero attached hydrogens (tertiary/aromatic N) is 2. The molecule has 2 rings (SSSR count). The van der Waals surface area contributed by atoms with Crippen molar-refractivity contribution in [3.8, 4) is 0 Å². The zero-order valence-electron chi connectivity index (χ0n) is 16.9. The van der Waals surface area contributed by atoms with Crippen LogP contribution in [0, 0.1) is 0 Å². The molecule has 0 fully saturated rings. The molecule has 2 aromatic carbocycles. The van der Waals surface area contributed by atoms with E-state index < -0.39 is 27.7 Å². The third kappa shape index (κ3) is 5.14. The molecule has 0 spiro atoms. The van der Waals surface area contributed by atoms with Crippen LogP contribution in [-0.4, -0.2) is 43.7 Å². The number of carbonyl (C=O) groups excluding carboxylic acids is 1. The molecule has 0 bridgehead atoms. The van der Waals surface area contributed by atoms with Crippen LogP contribution in [0.5, 0.6) is 0 Å². The highest BCUT2D eigenvalue weighted by molar-refractivity contribution is 7.89. The Bertz CT molecular complexity index is 1040. The lowest BCUT2D eigenvalue weighted by atomic mass is 10.1. The van der Waals surface area contributed by atoms with Gasteiger partial charge in [-0.05, 0) is 43.7 Å². The summed E-state index contributed by atoms with van der Waals surface area (Å²) in [5, 5.41) is 0.00195. The van der Waals surface area contributed by atoms with Crippen LogP contribution in [0.15, 0.2) is 47.4 Å². The molecule has 1 amide bonds. The van der Waals surface area contributed by atoms with Crippen molar-refractivity contribution in [2.45, 2.75) is 37.5 Å². The SMILES string of the molecule is CC(C)N(C)S(=O)(=O)c1ccc(Cl)c(C(=O)N(C)Cc2ccccc2C(F)(F)F)c1. The Hall–Kier alpha value is -2.10. The van der Waals surface area contributed by atoms with Crippen LogP contribution in [0.3, 0.4) is 0 Å². The normalized spacial score (nSPS) is 12.5. The number of rotatable bonds is 6. The number of halogens is 4. The molecule has 0 aliphatic carbocycles. The summed E-state index contributed by atoms with van der Waals surface area (Å²) >= 11 is 6.10. The molecule has 164 valence electrons. The molecule has 0 unspecified atom stereocenters. The fourth-order valence-corrected chi connectivity index (χ4v) is 4.33. The molecule has 2 aromatic rings. The lowest BCUT2D eigenvalue weighted by Gasteiger charge is -2.23. The lowest BCUT2D eigenvalue weighted by Crippen LogP contribution is -2.33. The predicted molar refractivity (Wildman–Crippen MR) is 109 cm³/mol. The van der Waals surface area contributed by atoms with E-state index in [4.69, 9.17) is 11.6 Å². The van der Waals surface area contributed by atoms with Crippen LogP contribution in [-0.2, 0) is 22.7 Å². The predicted octanol–water partition coefficient (Wildman–Crippen LogP) is 4.66. The summed E-state index contributed by atoms with van der Waals surface area (Å²) in [7, 11) is -1.13. The molecule has 0 aliphatic rings. The van der Waals surface area contributed by atoms with Gasteiger partial charge >= 0.3 is 6.18 Å². The van der Waals surface area contributed by atoms with Crippen LogP contribution < -0.4 is 0 Å². The first-order valence-electron chi connectivity index (χ1n) is 8.95. The molecule has 0 radical (unpaired) electrons. The Morgan fingerprint density at radius 1 is 1.10 bits per heavy atom. The number of sulfonamides is 1. The maximum atomic E-state index is 13.2. The Balaban J connectivity index is 2.38. The Morgan fingerprint density at radius 3 is 2.27 bits per heavy atom. The van der Waals surface area contributed by atoms with E-state index >= 15 is 0 Å². The van der Waals surface area contributed by atoms with Crippen LogP contribution in [0.4, 0.5) is 13.2 Å². The fourth-order valence-electron chi connectivity index (χ4n) is 2.74. The number of hydrogen-bond acceptors (Lipinski definition) is 3. The van der Waals surface area contributed by atoms with Gasteiger partial charge in [0.2, 0.25) is 10.0 Å². The van der Waals surface area contributed by atoms with Gasteiger partial charge in [-0.2, -0.15) is 17.5 Å². The summed E-state index contributed by atoms with van der Waals surface area (Å²) in [5.41, 5.74) is -1.03. The van der Waals surface area contributed by atoms with E-state index in [1.54, 1.807) is 13.8 Å². The molecule has 0 N–H and O–H groups in total. The van der Waals surface area contributed by atoms with Crippen molar-refractivity contribution >= 4 is 27.5 Å². The maximum absolute atomic E-state index is 13.2. The molecular formula is C20H22ClF3N2O3S. The molecule has 0 aliphatic heterocycles. The third-order valence-corrected chi connectivity index (χ3v) is 7.01. The van der Waals surface area contributed by atoms with Gasteiger partial charge in [-0.1, -0.05) is 29.8 Å². The summed E-state index contributed by atoms with van der Waals surface area (Å²) < 4.78 is 66.2. The van der Waals surface area contributed by atoms with E-state index in [1.165, 1.54) is 44.4 Å². The topological polar surface area (TPSA) is 57.7 Å². The molecule has 0 saturated carbocycles. The molecule has 30 heavy (non-hydrogen) atoms. The average molecular weight is 463 g/mol. The van der Waals surface area contributed by atoms with Crippen LogP contribution in [0.1, 0.15) is 35.3 Å². The minimum Gasteiger partial charge on any atom is -0.337 e. The standard InChI is InChI=1S/C20H22ClF3N2O3S/c1-13(2)26(4)30(28,29)15-9-10-18(21)16(11-15)19(27)25(3)12-14-7-5-6-8-17(14)20(22,23)24/h5-11,13H,12H2,1-4H3. The first-order valence-corrected chi connectivity index (χ1v) is 10.8. The number of hydrogen-bond donors (Lipinski definition) is 0. The molecule has 5 nitrogen and oxygen atoms in total. The lowest BCUT2D eigenvalue weighted by molar-refractivity contribution is -0.138. The van der Waals surface area contributed by atoms with E-state index in [1.807, 2.05) is 0 Å². The Labute approximate surface area is 179 Å². The minimum absolute atomic E-state index is 0.00195. The summed E-state index contributed by atoms with van der Waals surface area (Å²) in [6, 6.07) is 8.34. The minimum atomic E-state index is -4.56. The van der Waals surface area contributed by atoms with E-state index in [2.05, 4.69) is 0 Å². The third-order valence-electron chi connectivity index (χ3n) is 4.65. The highest BCUT2D eigenvalue weighted by atomic mass is 35.5. The van der Waals surface area contributed by atoms with Crippen molar-refractivity contribution < 1.29 is 26.4 Å². The molecule has 0 heterocycles. The van der Waals surface area contributed by atoms with E-state index in [9.17, 15) is 26.4 Å². The molecule has 0 saturated heterocycles. The summed E-state index contributed by atoms with van der Waals surface area (Å²) in [4.78, 5) is 13.8. The second kappa shape index (κ2) is 8.95. The molecule has 0 atom stereocenters. The number of alkyl halides is 3. The van der Waals surface area contributed by atoms with Gasteiger partial charge in [0, 0.05) is 26.7 Å². The second-order valence-electron chi connectivity index (χ2n) is 7.07. The van der Waals surface area contributed by atoms with Gasteiger partial charge in [-0.25, -0.2) is 8.42 Å². The van der Waals surface area contributed by atoms with Gasteiger partial charge in [0.15, 0.2) is 0 Å². The van der Waals surface area contributed by atoms with E-state index in [0.717, 1.165) is 21.3 Å². The Kier molecular flexibility index (Phi) is 7.21. The quantitative estimate of drug-likeness (QED) is 0.627. The van der Waals surface area contributed by atoms with Crippen LogP contribution in [0.25, 0.3) is 0 Å². The van der Waals surface area contributed by atoms with Gasteiger partial charge in [-0.3, -0.25) is 4.79 Å². The smallest absolute Gasteiger partial charge is 0.337 e. The summed E-state index contributed by atoms with van der Waals surface area (Å²) in [5.74, 6) is -0.693. The van der Waals surface area contributed by atoms with Crippen molar-refractivity contribution in [1.29, 1.82) is 0 Å². The van der Waals surface area contributed by atoms with E-state index in [0.29, 0.717) is 0 Å². The second-order valence-corrected chi connectivity index (χ2v) is 9.48. The first-order chi connectivity index (χ1) is 13.8. The largest absolute Gasteiger partial charge is 0.416 e. The number of amides is 1. The molecule has 0 aromatic heterocycles. The van der Waals surface area contributed by atoms with Gasteiger partial charge in [-0.15, -0.1) is 0 Å². The van der Waals surface area contributed by atoms with Gasteiger partial charge < -0.3 is 4.90 Å². The van der Waals surface area contributed by atoms with E-state index in [-0.39, 0.29) is 33.6 Å². The summed E-state index contributed by atoms with van der Waals surface area (Å²) in [6.07, 6.45) is -4.56. The van der Waals surface area contributed by atoms with Crippen LogP contribution >= 0.6 is 11.6 Å². The molecule has 10 heteroatoms. The number of benzene rings is 2. The highest BCUT2D eigenvalue weighted by Crippen LogP contribution is 2.32. The fraction of sp³-hybridized carbons (Fsp3) is 0.350. The van der Waals surface area contributed by atoms with Crippen LogP contribution in [0.2, 0.25) is 5.02 Å². The van der Waals surface area contributed by atoms with Crippen molar-refractivity contribution in [2.24, 2.45) is 0 Å². The van der Waals surface area contributed by atoms with Gasteiger partial charge in [0.05, 0.1) is 21.0 Å². The maximum Gasteiger partial charge on any atom is 0.416 e. The van der Waals surface area contributed by atoms with Crippen molar-refractivity contribution in [3.05, 3.63) is 64.2 Å². The van der Waals surface area contributed by atoms with Gasteiger partial charge in [0.1, 0.15) is 0 Å².